The van der Waals surface area contributed by atoms with Crippen LogP contribution in [-0.2, 0) is 42.9 Å². The molecular weight excluding hydrogens is 396 g/mol. The van der Waals surface area contributed by atoms with Crippen molar-refractivity contribution in [1.82, 2.24) is 0 Å². The molecule has 1 rings (SSSR count). The Morgan fingerprint density at radius 3 is 1.89 bits per heavy atom. The van der Waals surface area contributed by atoms with E-state index in [1.165, 1.54) is 32.5 Å². The Hall–Kier alpha value is -1.85. The molecule has 1 N–H and O–H groups in total. The lowest BCUT2D eigenvalue weighted by atomic mass is 9.99. The summed E-state index contributed by atoms with van der Waals surface area (Å²) in [6.07, 6.45) is -3.87. The van der Waals surface area contributed by atoms with Crippen LogP contribution in [0.5, 0.6) is 0 Å². The van der Waals surface area contributed by atoms with Gasteiger partial charge in [0, 0.05) is 34.3 Å². The lowest BCUT2D eigenvalue weighted by Crippen LogP contribution is -2.61. The molecule has 0 bridgehead atoms. The summed E-state index contributed by atoms with van der Waals surface area (Å²) in [5.41, 5.74) is -0.799. The zero-order chi connectivity index (χ0) is 21.3. The standard InChI is InChI=1S/C17H26O10S/c1-9(19)23-8-13-14(24-10(2)20)15(25-11(3)21)16(26-12(4)22)17(27-13)28-7-5-6-18/h13-18H,5-8H2,1-4H3/t13-,14-,15+,16-,17+/m1/s1. The van der Waals surface area contributed by atoms with Gasteiger partial charge in [-0.15, -0.1) is 11.8 Å². The van der Waals surface area contributed by atoms with Gasteiger partial charge in [0.1, 0.15) is 18.1 Å². The normalized spacial score (nSPS) is 26.8. The van der Waals surface area contributed by atoms with Crippen LogP contribution >= 0.6 is 11.8 Å². The van der Waals surface area contributed by atoms with E-state index < -0.39 is 53.7 Å². The molecule has 160 valence electrons. The maximum atomic E-state index is 11.6. The Morgan fingerprint density at radius 2 is 1.39 bits per heavy atom. The molecule has 1 fully saturated rings. The van der Waals surface area contributed by atoms with Gasteiger partial charge in [0.25, 0.3) is 0 Å². The summed E-state index contributed by atoms with van der Waals surface area (Å²) in [7, 11) is 0. The minimum Gasteiger partial charge on any atom is -0.463 e. The van der Waals surface area contributed by atoms with Crippen molar-refractivity contribution in [1.29, 1.82) is 0 Å². The maximum Gasteiger partial charge on any atom is 0.303 e. The van der Waals surface area contributed by atoms with Crippen molar-refractivity contribution in [2.24, 2.45) is 0 Å². The number of hydrogen-bond donors (Lipinski definition) is 1. The quantitative estimate of drug-likeness (QED) is 0.310. The predicted molar refractivity (Wildman–Crippen MR) is 96.1 cm³/mol. The average Bonchev–Trinajstić information content (AvgIpc) is 2.57. The Labute approximate surface area is 167 Å². The lowest BCUT2D eigenvalue weighted by Gasteiger charge is -2.44. The topological polar surface area (TPSA) is 135 Å². The molecule has 0 aromatic carbocycles. The fraction of sp³-hybridized carbons (Fsp3) is 0.765. The third kappa shape index (κ3) is 8.03. The van der Waals surface area contributed by atoms with E-state index >= 15 is 0 Å². The van der Waals surface area contributed by atoms with Crippen LogP contribution in [-0.4, -0.2) is 77.8 Å². The summed E-state index contributed by atoms with van der Waals surface area (Å²) in [4.78, 5) is 46.0. The molecule has 28 heavy (non-hydrogen) atoms. The first kappa shape index (κ1) is 24.2. The fourth-order valence-corrected chi connectivity index (χ4v) is 3.74. The van der Waals surface area contributed by atoms with E-state index in [1.54, 1.807) is 0 Å². The van der Waals surface area contributed by atoms with E-state index in [0.29, 0.717) is 12.2 Å². The van der Waals surface area contributed by atoms with Gasteiger partial charge in [-0.1, -0.05) is 0 Å². The first-order valence-electron chi connectivity index (χ1n) is 8.68. The minimum atomic E-state index is -1.16. The highest BCUT2D eigenvalue weighted by atomic mass is 32.2. The molecule has 0 saturated carbocycles. The second-order valence-electron chi connectivity index (χ2n) is 6.02. The van der Waals surface area contributed by atoms with Gasteiger partial charge < -0.3 is 28.8 Å². The molecule has 0 unspecified atom stereocenters. The molecule has 0 radical (unpaired) electrons. The van der Waals surface area contributed by atoms with Gasteiger partial charge in [-0.25, -0.2) is 0 Å². The number of thioether (sulfide) groups is 1. The van der Waals surface area contributed by atoms with Crippen LogP contribution in [0, 0.1) is 0 Å². The first-order valence-corrected chi connectivity index (χ1v) is 9.73. The highest BCUT2D eigenvalue weighted by Gasteiger charge is 2.52. The van der Waals surface area contributed by atoms with Crippen molar-refractivity contribution < 1.29 is 48.0 Å². The largest absolute Gasteiger partial charge is 0.463 e. The number of ether oxygens (including phenoxy) is 5. The molecule has 1 heterocycles. The molecule has 5 atom stereocenters. The summed E-state index contributed by atoms with van der Waals surface area (Å²) in [6, 6.07) is 0. The number of carbonyl (C=O) groups is 4. The molecule has 11 heteroatoms. The number of esters is 4. The van der Waals surface area contributed by atoms with Gasteiger partial charge in [-0.3, -0.25) is 19.2 Å². The lowest BCUT2D eigenvalue weighted by molar-refractivity contribution is -0.237. The summed E-state index contributed by atoms with van der Waals surface area (Å²) in [5, 5.41) is 8.99. The van der Waals surface area contributed by atoms with Crippen molar-refractivity contribution in [3.63, 3.8) is 0 Å². The highest BCUT2D eigenvalue weighted by Crippen LogP contribution is 2.34. The number of hydrogen-bond acceptors (Lipinski definition) is 11. The van der Waals surface area contributed by atoms with E-state index in [2.05, 4.69) is 0 Å². The monoisotopic (exact) mass is 422 g/mol. The molecule has 0 spiro atoms. The molecule has 1 aliphatic heterocycles. The molecule has 1 saturated heterocycles. The van der Waals surface area contributed by atoms with Crippen LogP contribution < -0.4 is 0 Å². The molecule has 0 aromatic heterocycles. The zero-order valence-electron chi connectivity index (χ0n) is 16.2. The molecular formula is C17H26O10S. The Balaban J connectivity index is 3.21. The van der Waals surface area contributed by atoms with E-state index in [-0.39, 0.29) is 13.2 Å². The summed E-state index contributed by atoms with van der Waals surface area (Å²) < 4.78 is 26.8. The maximum absolute atomic E-state index is 11.6. The third-order valence-corrected chi connectivity index (χ3v) is 4.77. The van der Waals surface area contributed by atoms with Crippen LogP contribution in [0.4, 0.5) is 0 Å². The SMILES string of the molecule is CC(=O)OC[C@H]1O[C@@H](SCCCO)[C@H](OC(C)=O)[C@@H](OC(C)=O)[C@@H]1OC(C)=O. The van der Waals surface area contributed by atoms with Crippen molar-refractivity contribution in [3.8, 4) is 0 Å². The van der Waals surface area contributed by atoms with Crippen molar-refractivity contribution in [3.05, 3.63) is 0 Å². The van der Waals surface area contributed by atoms with Gasteiger partial charge in [0.05, 0.1) is 0 Å². The molecule has 0 amide bonds. The molecule has 0 aliphatic carbocycles. The van der Waals surface area contributed by atoms with Gasteiger partial charge in [0.15, 0.2) is 18.3 Å². The Kier molecular flexibility index (Phi) is 10.3. The van der Waals surface area contributed by atoms with Gasteiger partial charge >= 0.3 is 23.9 Å². The van der Waals surface area contributed by atoms with Crippen LogP contribution in [0.25, 0.3) is 0 Å². The van der Waals surface area contributed by atoms with Crippen molar-refractivity contribution >= 4 is 35.6 Å². The van der Waals surface area contributed by atoms with Crippen molar-refractivity contribution in [2.45, 2.75) is 64.0 Å². The van der Waals surface area contributed by atoms with Crippen molar-refractivity contribution in [2.75, 3.05) is 19.0 Å². The summed E-state index contributed by atoms with van der Waals surface area (Å²) in [6.45, 7) is 4.43. The fourth-order valence-electron chi connectivity index (χ4n) is 2.59. The number of carbonyl (C=O) groups excluding carboxylic acids is 4. The number of aliphatic hydroxyl groups excluding tert-OH is 1. The number of rotatable bonds is 9. The molecule has 10 nitrogen and oxygen atoms in total. The summed E-state index contributed by atoms with van der Waals surface area (Å²) in [5.74, 6) is -2.10. The van der Waals surface area contributed by atoms with E-state index in [4.69, 9.17) is 28.8 Å². The minimum absolute atomic E-state index is 0.0434. The smallest absolute Gasteiger partial charge is 0.303 e. The molecule has 1 aliphatic rings. The van der Waals surface area contributed by atoms with Crippen LogP contribution in [0.3, 0.4) is 0 Å². The van der Waals surface area contributed by atoms with Gasteiger partial charge in [0.2, 0.25) is 0 Å². The van der Waals surface area contributed by atoms with Crippen LogP contribution in [0.2, 0.25) is 0 Å². The van der Waals surface area contributed by atoms with Gasteiger partial charge in [-0.05, 0) is 12.2 Å². The Morgan fingerprint density at radius 1 is 0.857 bits per heavy atom. The second kappa shape index (κ2) is 11.9. The predicted octanol–water partition coefficient (Wildman–Crippen LogP) is 0.185. The third-order valence-electron chi connectivity index (χ3n) is 3.53. The zero-order valence-corrected chi connectivity index (χ0v) is 17.1. The van der Waals surface area contributed by atoms with Crippen LogP contribution in [0.1, 0.15) is 34.1 Å². The highest BCUT2D eigenvalue weighted by molar-refractivity contribution is 7.99. The first-order chi connectivity index (χ1) is 13.1. The molecule has 0 aromatic rings. The van der Waals surface area contributed by atoms with Crippen LogP contribution in [0.15, 0.2) is 0 Å². The van der Waals surface area contributed by atoms with E-state index in [1.807, 2.05) is 0 Å². The second-order valence-corrected chi connectivity index (χ2v) is 7.22. The summed E-state index contributed by atoms with van der Waals surface area (Å²) >= 11 is 1.23. The van der Waals surface area contributed by atoms with E-state index in [0.717, 1.165) is 6.92 Å². The Bertz CT molecular complexity index is 566. The van der Waals surface area contributed by atoms with Gasteiger partial charge in [-0.2, -0.15) is 0 Å². The number of aliphatic hydroxyl groups is 1. The average molecular weight is 422 g/mol. The van der Waals surface area contributed by atoms with E-state index in [9.17, 15) is 19.2 Å².